The van der Waals surface area contributed by atoms with Gasteiger partial charge >= 0.3 is 0 Å². The van der Waals surface area contributed by atoms with Gasteiger partial charge in [-0.1, -0.05) is 12.1 Å². The third kappa shape index (κ3) is 4.98. The molecular formula is C12H18N2O4S. The maximum atomic E-state index is 11.9. The lowest BCUT2D eigenvalue weighted by Crippen LogP contribution is -2.26. The number of carbonyl (C=O) groups is 1. The first-order valence-corrected chi connectivity index (χ1v) is 7.37. The van der Waals surface area contributed by atoms with Gasteiger partial charge in [0.15, 0.2) is 0 Å². The van der Waals surface area contributed by atoms with Crippen LogP contribution < -0.4 is 10.5 Å². The van der Waals surface area contributed by atoms with E-state index >= 15 is 0 Å². The fraction of sp³-hybridized carbons (Fsp3) is 0.417. The molecule has 0 aliphatic carbocycles. The summed E-state index contributed by atoms with van der Waals surface area (Å²) in [7, 11) is -3.63. The molecule has 0 bridgehead atoms. The van der Waals surface area contributed by atoms with E-state index in [0.29, 0.717) is 12.0 Å². The Kier molecular flexibility index (Phi) is 5.46. The van der Waals surface area contributed by atoms with E-state index in [2.05, 4.69) is 4.72 Å². The SMILES string of the molecule is CC(O)c1cccc(S(=O)(=O)NCCCC(N)=O)c1. The summed E-state index contributed by atoms with van der Waals surface area (Å²) in [5.74, 6) is -0.463. The monoisotopic (exact) mass is 286 g/mol. The molecule has 1 unspecified atom stereocenters. The first-order chi connectivity index (χ1) is 8.83. The van der Waals surface area contributed by atoms with Gasteiger partial charge in [0.1, 0.15) is 0 Å². The molecule has 1 amide bonds. The Morgan fingerprint density at radius 1 is 1.47 bits per heavy atom. The fourth-order valence-electron chi connectivity index (χ4n) is 1.49. The third-order valence-electron chi connectivity index (χ3n) is 2.54. The number of nitrogens with two attached hydrogens (primary N) is 1. The Balaban J connectivity index is 2.72. The zero-order valence-corrected chi connectivity index (χ0v) is 11.5. The molecule has 106 valence electrons. The minimum absolute atomic E-state index is 0.0879. The van der Waals surface area contributed by atoms with E-state index in [1.165, 1.54) is 12.1 Å². The van der Waals surface area contributed by atoms with E-state index in [-0.39, 0.29) is 17.9 Å². The maximum absolute atomic E-state index is 11.9. The van der Waals surface area contributed by atoms with Gasteiger partial charge in [0.25, 0.3) is 0 Å². The molecule has 0 heterocycles. The normalized spacial score (nSPS) is 13.2. The van der Waals surface area contributed by atoms with Crippen LogP contribution in [0.3, 0.4) is 0 Å². The van der Waals surface area contributed by atoms with Crippen LogP contribution in [0.1, 0.15) is 31.4 Å². The lowest BCUT2D eigenvalue weighted by atomic mass is 10.1. The van der Waals surface area contributed by atoms with Crippen LogP contribution in [-0.4, -0.2) is 26.0 Å². The number of hydrogen-bond acceptors (Lipinski definition) is 4. The highest BCUT2D eigenvalue weighted by molar-refractivity contribution is 7.89. The Bertz CT molecular complexity index is 540. The number of hydrogen-bond donors (Lipinski definition) is 3. The van der Waals surface area contributed by atoms with Crippen LogP contribution in [0.15, 0.2) is 29.2 Å². The number of nitrogens with one attached hydrogen (secondary N) is 1. The molecule has 1 rings (SSSR count). The smallest absolute Gasteiger partial charge is 0.240 e. The molecule has 1 aromatic carbocycles. The molecule has 19 heavy (non-hydrogen) atoms. The van der Waals surface area contributed by atoms with Crippen molar-refractivity contribution in [3.63, 3.8) is 0 Å². The standard InChI is InChI=1S/C12H18N2O4S/c1-9(15)10-4-2-5-11(8-10)19(17,18)14-7-3-6-12(13)16/h2,4-5,8-9,14-15H,3,6-7H2,1H3,(H2,13,16). The number of primary amides is 1. The van der Waals surface area contributed by atoms with Gasteiger partial charge in [0.05, 0.1) is 11.0 Å². The Labute approximate surface area is 112 Å². The van der Waals surface area contributed by atoms with Crippen LogP contribution in [-0.2, 0) is 14.8 Å². The highest BCUT2D eigenvalue weighted by Crippen LogP contribution is 2.16. The molecule has 0 saturated heterocycles. The van der Waals surface area contributed by atoms with Gasteiger partial charge in [-0.15, -0.1) is 0 Å². The molecule has 1 aromatic rings. The molecule has 0 aliphatic heterocycles. The molecule has 0 radical (unpaired) electrons. The van der Waals surface area contributed by atoms with Crippen LogP contribution in [0, 0.1) is 0 Å². The predicted octanol–water partition coefficient (Wildman–Crippen LogP) is 0.284. The van der Waals surface area contributed by atoms with E-state index in [1.807, 2.05) is 0 Å². The molecule has 0 aromatic heterocycles. The largest absolute Gasteiger partial charge is 0.389 e. The minimum atomic E-state index is -3.63. The molecule has 1 atom stereocenters. The summed E-state index contributed by atoms with van der Waals surface area (Å²) < 4.78 is 26.3. The van der Waals surface area contributed by atoms with E-state index in [9.17, 15) is 18.3 Å². The summed E-state index contributed by atoms with van der Waals surface area (Å²) in [6, 6.07) is 6.08. The molecule has 0 saturated carbocycles. The molecule has 6 nitrogen and oxygen atoms in total. The van der Waals surface area contributed by atoms with Crippen LogP contribution in [0.5, 0.6) is 0 Å². The average molecular weight is 286 g/mol. The van der Waals surface area contributed by atoms with Gasteiger partial charge in [-0.3, -0.25) is 4.79 Å². The summed E-state index contributed by atoms with van der Waals surface area (Å²) in [4.78, 5) is 10.6. The Morgan fingerprint density at radius 3 is 2.74 bits per heavy atom. The van der Waals surface area contributed by atoms with Crippen molar-refractivity contribution in [2.24, 2.45) is 5.73 Å². The quantitative estimate of drug-likeness (QED) is 0.625. The van der Waals surface area contributed by atoms with Gasteiger partial charge in [0, 0.05) is 13.0 Å². The zero-order chi connectivity index (χ0) is 14.5. The van der Waals surface area contributed by atoms with Crippen molar-refractivity contribution < 1.29 is 18.3 Å². The van der Waals surface area contributed by atoms with Gasteiger partial charge < -0.3 is 10.8 Å². The van der Waals surface area contributed by atoms with Gasteiger partial charge in [-0.05, 0) is 31.0 Å². The van der Waals surface area contributed by atoms with Crippen LogP contribution in [0.2, 0.25) is 0 Å². The minimum Gasteiger partial charge on any atom is -0.389 e. The highest BCUT2D eigenvalue weighted by atomic mass is 32.2. The topological polar surface area (TPSA) is 109 Å². The highest BCUT2D eigenvalue weighted by Gasteiger charge is 2.14. The van der Waals surface area contributed by atoms with E-state index in [1.54, 1.807) is 19.1 Å². The number of benzene rings is 1. The van der Waals surface area contributed by atoms with Crippen molar-refractivity contribution in [3.05, 3.63) is 29.8 Å². The Hall–Kier alpha value is -1.44. The first-order valence-electron chi connectivity index (χ1n) is 5.89. The Morgan fingerprint density at radius 2 is 2.16 bits per heavy atom. The average Bonchev–Trinajstić information content (AvgIpc) is 2.34. The summed E-state index contributed by atoms with van der Waals surface area (Å²) in [5, 5.41) is 9.42. The van der Waals surface area contributed by atoms with Crippen molar-refractivity contribution in [3.8, 4) is 0 Å². The van der Waals surface area contributed by atoms with Crippen molar-refractivity contribution in [1.29, 1.82) is 0 Å². The summed E-state index contributed by atoms with van der Waals surface area (Å²) in [6.07, 6.45) is -0.244. The van der Waals surface area contributed by atoms with Crippen LogP contribution in [0.25, 0.3) is 0 Å². The lowest BCUT2D eigenvalue weighted by molar-refractivity contribution is -0.118. The van der Waals surface area contributed by atoms with Crippen molar-refractivity contribution >= 4 is 15.9 Å². The van der Waals surface area contributed by atoms with E-state index in [0.717, 1.165) is 0 Å². The first kappa shape index (κ1) is 15.6. The summed E-state index contributed by atoms with van der Waals surface area (Å²) in [6.45, 7) is 1.70. The second-order valence-corrected chi connectivity index (χ2v) is 5.98. The summed E-state index contributed by atoms with van der Waals surface area (Å²) in [5.41, 5.74) is 5.49. The van der Waals surface area contributed by atoms with Crippen molar-refractivity contribution in [2.75, 3.05) is 6.54 Å². The number of aliphatic hydroxyl groups excluding tert-OH is 1. The number of aliphatic hydroxyl groups is 1. The molecule has 7 heteroatoms. The molecule has 4 N–H and O–H groups in total. The molecule has 0 spiro atoms. The van der Waals surface area contributed by atoms with Gasteiger partial charge in [-0.2, -0.15) is 0 Å². The van der Waals surface area contributed by atoms with Crippen molar-refractivity contribution in [1.82, 2.24) is 4.72 Å². The zero-order valence-electron chi connectivity index (χ0n) is 10.7. The number of rotatable bonds is 7. The number of sulfonamides is 1. The third-order valence-corrected chi connectivity index (χ3v) is 4.00. The van der Waals surface area contributed by atoms with Gasteiger partial charge in [0.2, 0.25) is 15.9 Å². The lowest BCUT2D eigenvalue weighted by Gasteiger charge is -2.09. The summed E-state index contributed by atoms with van der Waals surface area (Å²) >= 11 is 0. The number of amides is 1. The number of carbonyl (C=O) groups excluding carboxylic acids is 1. The maximum Gasteiger partial charge on any atom is 0.240 e. The predicted molar refractivity (Wildman–Crippen MR) is 70.7 cm³/mol. The van der Waals surface area contributed by atoms with E-state index in [4.69, 9.17) is 5.73 Å². The van der Waals surface area contributed by atoms with Gasteiger partial charge in [-0.25, -0.2) is 13.1 Å². The molecular weight excluding hydrogens is 268 g/mol. The van der Waals surface area contributed by atoms with Crippen LogP contribution >= 0.6 is 0 Å². The molecule has 0 aliphatic rings. The van der Waals surface area contributed by atoms with E-state index < -0.39 is 22.0 Å². The second kappa shape index (κ2) is 6.65. The van der Waals surface area contributed by atoms with Crippen molar-refractivity contribution in [2.45, 2.75) is 30.8 Å². The molecule has 0 fully saturated rings. The fourth-order valence-corrected chi connectivity index (χ4v) is 2.62. The second-order valence-electron chi connectivity index (χ2n) is 4.22. The van der Waals surface area contributed by atoms with Crippen LogP contribution in [0.4, 0.5) is 0 Å².